The van der Waals surface area contributed by atoms with Crippen molar-refractivity contribution in [2.45, 2.75) is 6.92 Å². The number of carbonyl (C=O) groups excluding carboxylic acids is 1. The van der Waals surface area contributed by atoms with Crippen LogP contribution < -0.4 is 5.32 Å². The standard InChI is InChI=1S/C13H12BrN3O3/c1-8-4-3-5-10(12(8)14)15-13(18)11-6-9(17(19)20)7-16(11)2/h3-7H,1-2H3,(H,15,18). The average molecular weight is 338 g/mol. The average Bonchev–Trinajstić information content (AvgIpc) is 2.77. The Morgan fingerprint density at radius 1 is 1.45 bits per heavy atom. The molecule has 0 spiro atoms. The number of nitrogens with one attached hydrogen (secondary N) is 1. The number of benzene rings is 1. The predicted molar refractivity (Wildman–Crippen MR) is 78.9 cm³/mol. The largest absolute Gasteiger partial charge is 0.340 e. The summed E-state index contributed by atoms with van der Waals surface area (Å²) in [5.74, 6) is -0.396. The van der Waals surface area contributed by atoms with Gasteiger partial charge in [0, 0.05) is 17.6 Å². The lowest BCUT2D eigenvalue weighted by Crippen LogP contribution is -2.15. The zero-order valence-electron chi connectivity index (χ0n) is 10.9. The van der Waals surface area contributed by atoms with Gasteiger partial charge < -0.3 is 9.88 Å². The van der Waals surface area contributed by atoms with Crippen molar-refractivity contribution in [3.8, 4) is 0 Å². The van der Waals surface area contributed by atoms with E-state index in [1.165, 1.54) is 16.8 Å². The molecule has 104 valence electrons. The molecule has 0 radical (unpaired) electrons. The second-order valence-corrected chi connectivity index (χ2v) is 5.14. The van der Waals surface area contributed by atoms with E-state index in [2.05, 4.69) is 21.2 Å². The minimum Gasteiger partial charge on any atom is -0.340 e. The second-order valence-electron chi connectivity index (χ2n) is 4.34. The highest BCUT2D eigenvalue weighted by molar-refractivity contribution is 9.10. The van der Waals surface area contributed by atoms with E-state index in [0.29, 0.717) is 5.69 Å². The van der Waals surface area contributed by atoms with Gasteiger partial charge in [-0.05, 0) is 34.5 Å². The monoisotopic (exact) mass is 337 g/mol. The Balaban J connectivity index is 2.28. The maximum Gasteiger partial charge on any atom is 0.287 e. The first kappa shape index (κ1) is 14.3. The fraction of sp³-hybridized carbons (Fsp3) is 0.154. The van der Waals surface area contributed by atoms with Crippen LogP contribution in [0.3, 0.4) is 0 Å². The molecule has 1 heterocycles. The van der Waals surface area contributed by atoms with E-state index in [9.17, 15) is 14.9 Å². The topological polar surface area (TPSA) is 77.2 Å². The number of aryl methyl sites for hydroxylation is 2. The van der Waals surface area contributed by atoms with Crippen molar-refractivity contribution in [1.82, 2.24) is 4.57 Å². The number of amides is 1. The van der Waals surface area contributed by atoms with Gasteiger partial charge in [0.2, 0.25) is 0 Å². The molecule has 0 aliphatic carbocycles. The van der Waals surface area contributed by atoms with Crippen LogP contribution in [-0.4, -0.2) is 15.4 Å². The molecule has 20 heavy (non-hydrogen) atoms. The number of halogens is 1. The molecule has 0 saturated carbocycles. The predicted octanol–water partition coefficient (Wildman–Crippen LogP) is 3.26. The molecule has 2 aromatic rings. The van der Waals surface area contributed by atoms with Crippen LogP contribution in [0.15, 0.2) is 34.9 Å². The minimum absolute atomic E-state index is 0.110. The number of aromatic nitrogens is 1. The van der Waals surface area contributed by atoms with Gasteiger partial charge in [-0.15, -0.1) is 0 Å². The molecule has 0 unspecified atom stereocenters. The van der Waals surface area contributed by atoms with E-state index in [4.69, 9.17) is 0 Å². The minimum atomic E-state index is -0.528. The van der Waals surface area contributed by atoms with Gasteiger partial charge in [-0.2, -0.15) is 0 Å². The second kappa shape index (κ2) is 5.46. The lowest BCUT2D eigenvalue weighted by Gasteiger charge is -2.09. The summed E-state index contributed by atoms with van der Waals surface area (Å²) < 4.78 is 2.22. The van der Waals surface area contributed by atoms with Gasteiger partial charge in [-0.1, -0.05) is 12.1 Å². The number of hydrogen-bond acceptors (Lipinski definition) is 3. The van der Waals surface area contributed by atoms with E-state index < -0.39 is 10.8 Å². The summed E-state index contributed by atoms with van der Waals surface area (Å²) in [7, 11) is 1.59. The Morgan fingerprint density at radius 2 is 2.15 bits per heavy atom. The van der Waals surface area contributed by atoms with Gasteiger partial charge >= 0.3 is 0 Å². The number of anilines is 1. The molecule has 7 heteroatoms. The highest BCUT2D eigenvalue weighted by Gasteiger charge is 2.18. The number of hydrogen-bond donors (Lipinski definition) is 1. The molecule has 1 amide bonds. The third-order valence-electron chi connectivity index (χ3n) is 2.87. The van der Waals surface area contributed by atoms with Crippen molar-refractivity contribution in [2.75, 3.05) is 5.32 Å². The quantitative estimate of drug-likeness (QED) is 0.689. The van der Waals surface area contributed by atoms with E-state index in [-0.39, 0.29) is 11.4 Å². The van der Waals surface area contributed by atoms with E-state index >= 15 is 0 Å². The van der Waals surface area contributed by atoms with Crippen LogP contribution >= 0.6 is 15.9 Å². The van der Waals surface area contributed by atoms with Gasteiger partial charge in [-0.25, -0.2) is 0 Å². The van der Waals surface area contributed by atoms with Crippen LogP contribution in [0.4, 0.5) is 11.4 Å². The van der Waals surface area contributed by atoms with Crippen LogP contribution in [0, 0.1) is 17.0 Å². The van der Waals surface area contributed by atoms with Gasteiger partial charge in [-0.3, -0.25) is 14.9 Å². The first-order valence-corrected chi connectivity index (χ1v) is 6.56. The molecule has 0 bridgehead atoms. The van der Waals surface area contributed by atoms with Crippen LogP contribution in [0.1, 0.15) is 16.1 Å². The summed E-state index contributed by atoms with van der Waals surface area (Å²) in [5.41, 5.74) is 1.73. The van der Waals surface area contributed by atoms with Crippen molar-refractivity contribution < 1.29 is 9.72 Å². The smallest absolute Gasteiger partial charge is 0.287 e. The lowest BCUT2D eigenvalue weighted by molar-refractivity contribution is -0.384. The van der Waals surface area contributed by atoms with Crippen LogP contribution in [0.5, 0.6) is 0 Å². The highest BCUT2D eigenvalue weighted by Crippen LogP contribution is 2.26. The maximum atomic E-state index is 12.2. The Kier molecular flexibility index (Phi) is 3.89. The van der Waals surface area contributed by atoms with Crippen molar-refractivity contribution in [3.63, 3.8) is 0 Å². The van der Waals surface area contributed by atoms with Crippen LogP contribution in [0.2, 0.25) is 0 Å². The van der Waals surface area contributed by atoms with Gasteiger partial charge in [0.25, 0.3) is 11.6 Å². The zero-order valence-corrected chi connectivity index (χ0v) is 12.5. The Hall–Kier alpha value is -2.15. The number of carbonyl (C=O) groups is 1. The Labute approximate surface area is 123 Å². The first-order chi connectivity index (χ1) is 9.40. The molecule has 1 N–H and O–H groups in total. The summed E-state index contributed by atoms with van der Waals surface area (Å²) in [5, 5.41) is 13.4. The lowest BCUT2D eigenvalue weighted by atomic mass is 10.2. The summed E-state index contributed by atoms with van der Waals surface area (Å²) in [6.07, 6.45) is 1.31. The third-order valence-corrected chi connectivity index (χ3v) is 3.93. The highest BCUT2D eigenvalue weighted by atomic mass is 79.9. The fourth-order valence-corrected chi connectivity index (χ4v) is 2.17. The maximum absolute atomic E-state index is 12.2. The molecule has 2 rings (SSSR count). The van der Waals surface area contributed by atoms with Gasteiger partial charge in [0.05, 0.1) is 16.8 Å². The summed E-state index contributed by atoms with van der Waals surface area (Å²) in [6, 6.07) is 6.74. The van der Waals surface area contributed by atoms with Crippen LogP contribution in [-0.2, 0) is 7.05 Å². The number of nitro groups is 1. The molecule has 1 aromatic heterocycles. The number of nitrogens with zero attached hydrogens (tertiary/aromatic N) is 2. The summed E-state index contributed by atoms with van der Waals surface area (Å²) in [4.78, 5) is 22.3. The van der Waals surface area contributed by atoms with Crippen molar-refractivity contribution in [2.24, 2.45) is 7.05 Å². The van der Waals surface area contributed by atoms with E-state index in [1.54, 1.807) is 13.1 Å². The molecule has 0 aliphatic rings. The molecule has 0 atom stereocenters. The molecule has 0 saturated heterocycles. The van der Waals surface area contributed by atoms with Crippen molar-refractivity contribution in [1.29, 1.82) is 0 Å². The molecule has 0 fully saturated rings. The number of rotatable bonds is 3. The normalized spacial score (nSPS) is 10.3. The Morgan fingerprint density at radius 3 is 2.75 bits per heavy atom. The van der Waals surface area contributed by atoms with Crippen molar-refractivity contribution >= 4 is 33.2 Å². The van der Waals surface area contributed by atoms with Gasteiger partial charge in [0.15, 0.2) is 0 Å². The molecular weight excluding hydrogens is 326 g/mol. The first-order valence-electron chi connectivity index (χ1n) is 5.77. The Bertz CT molecular complexity index is 694. The van der Waals surface area contributed by atoms with E-state index in [1.807, 2.05) is 19.1 Å². The molecule has 0 aliphatic heterocycles. The summed E-state index contributed by atoms with van der Waals surface area (Å²) in [6.45, 7) is 1.91. The zero-order chi connectivity index (χ0) is 14.9. The van der Waals surface area contributed by atoms with Gasteiger partial charge in [0.1, 0.15) is 5.69 Å². The van der Waals surface area contributed by atoms with Crippen molar-refractivity contribution in [3.05, 3.63) is 56.3 Å². The summed E-state index contributed by atoms with van der Waals surface area (Å²) >= 11 is 3.40. The fourth-order valence-electron chi connectivity index (χ4n) is 1.80. The van der Waals surface area contributed by atoms with E-state index in [0.717, 1.165) is 10.0 Å². The molecule has 6 nitrogen and oxygen atoms in total. The molecular formula is C13H12BrN3O3. The molecule has 1 aromatic carbocycles. The SMILES string of the molecule is Cc1cccc(NC(=O)c2cc([N+](=O)[O-])cn2C)c1Br. The third kappa shape index (κ3) is 2.72. The van der Waals surface area contributed by atoms with Crippen LogP contribution in [0.25, 0.3) is 0 Å².